The van der Waals surface area contributed by atoms with Gasteiger partial charge in [-0.1, -0.05) is 11.6 Å². The average molecular weight is 353 g/mol. The maximum Gasteiger partial charge on any atom is 0.179 e. The smallest absolute Gasteiger partial charge is 0.179 e. The highest BCUT2D eigenvalue weighted by Gasteiger charge is 2.13. The standard InChI is InChI=1S/C6HBrClF2I/c7-2-1-3(11)5(9)6(10)4(2)8/h1H. The van der Waals surface area contributed by atoms with Crippen LogP contribution in [0.2, 0.25) is 5.02 Å². The Bertz CT molecular complexity index is 277. The lowest BCUT2D eigenvalue weighted by atomic mass is 10.3. The first-order valence-corrected chi connectivity index (χ1v) is 4.77. The summed E-state index contributed by atoms with van der Waals surface area (Å²) in [5.74, 6) is -1.91. The first-order chi connectivity index (χ1) is 5.04. The highest BCUT2D eigenvalue weighted by molar-refractivity contribution is 14.1. The molecule has 0 aromatic heterocycles. The zero-order valence-electron chi connectivity index (χ0n) is 4.97. The van der Waals surface area contributed by atoms with E-state index in [2.05, 4.69) is 15.9 Å². The Labute approximate surface area is 89.2 Å². The topological polar surface area (TPSA) is 0 Å². The van der Waals surface area contributed by atoms with Crippen molar-refractivity contribution in [1.82, 2.24) is 0 Å². The molecule has 5 heteroatoms. The summed E-state index contributed by atoms with van der Waals surface area (Å²) in [6.45, 7) is 0. The summed E-state index contributed by atoms with van der Waals surface area (Å²) >= 11 is 10.1. The van der Waals surface area contributed by atoms with Gasteiger partial charge in [0, 0.05) is 4.47 Å². The fraction of sp³-hybridized carbons (Fsp3) is 0. The van der Waals surface area contributed by atoms with E-state index >= 15 is 0 Å². The van der Waals surface area contributed by atoms with Crippen LogP contribution in [0.15, 0.2) is 10.5 Å². The number of halogens is 5. The average Bonchev–Trinajstić information content (AvgIpc) is 1.97. The van der Waals surface area contributed by atoms with E-state index in [1.807, 2.05) is 0 Å². The number of benzene rings is 1. The van der Waals surface area contributed by atoms with Crippen molar-refractivity contribution >= 4 is 50.1 Å². The van der Waals surface area contributed by atoms with Crippen molar-refractivity contribution in [3.8, 4) is 0 Å². The lowest BCUT2D eigenvalue weighted by molar-refractivity contribution is 0.503. The molecule has 1 aromatic rings. The van der Waals surface area contributed by atoms with Gasteiger partial charge in [0.2, 0.25) is 0 Å². The third kappa shape index (κ3) is 1.84. The minimum atomic E-state index is -1.01. The lowest BCUT2D eigenvalue weighted by Crippen LogP contribution is -1.90. The molecule has 0 fully saturated rings. The van der Waals surface area contributed by atoms with Gasteiger partial charge >= 0.3 is 0 Å². The van der Waals surface area contributed by atoms with Crippen LogP contribution in [0.4, 0.5) is 8.78 Å². The van der Waals surface area contributed by atoms with Crippen molar-refractivity contribution < 1.29 is 8.78 Å². The van der Waals surface area contributed by atoms with Gasteiger partial charge in [0.15, 0.2) is 11.6 Å². The van der Waals surface area contributed by atoms with E-state index in [1.54, 1.807) is 22.6 Å². The third-order valence-electron chi connectivity index (χ3n) is 1.06. The van der Waals surface area contributed by atoms with Crippen molar-refractivity contribution in [1.29, 1.82) is 0 Å². The molecule has 1 rings (SSSR count). The molecule has 0 unspecified atom stereocenters. The Kier molecular flexibility index (Phi) is 3.10. The fourth-order valence-electron chi connectivity index (χ4n) is 0.544. The molecule has 0 aliphatic rings. The van der Waals surface area contributed by atoms with Crippen molar-refractivity contribution in [2.75, 3.05) is 0 Å². The lowest BCUT2D eigenvalue weighted by Gasteiger charge is -2.00. The monoisotopic (exact) mass is 352 g/mol. The normalized spacial score (nSPS) is 10.3. The van der Waals surface area contributed by atoms with E-state index in [-0.39, 0.29) is 8.59 Å². The summed E-state index contributed by atoms with van der Waals surface area (Å²) in [5.41, 5.74) is 0. The summed E-state index contributed by atoms with van der Waals surface area (Å²) in [7, 11) is 0. The molecule has 11 heavy (non-hydrogen) atoms. The Morgan fingerprint density at radius 1 is 1.36 bits per heavy atom. The van der Waals surface area contributed by atoms with Gasteiger partial charge in [-0.05, 0) is 44.6 Å². The SMILES string of the molecule is Fc1c(I)cc(Br)c(Cl)c1F. The second kappa shape index (κ2) is 3.53. The minimum absolute atomic E-state index is 0.205. The van der Waals surface area contributed by atoms with Crippen molar-refractivity contribution in [3.63, 3.8) is 0 Å². The predicted molar refractivity (Wildman–Crippen MR) is 51.8 cm³/mol. The number of hydrogen-bond acceptors (Lipinski definition) is 0. The summed E-state index contributed by atoms with van der Waals surface area (Å²) in [6, 6.07) is 1.42. The molecule has 0 atom stereocenters. The molecule has 0 spiro atoms. The van der Waals surface area contributed by atoms with E-state index in [1.165, 1.54) is 6.07 Å². The molecule has 0 amide bonds. The molecule has 0 radical (unpaired) electrons. The van der Waals surface area contributed by atoms with Crippen LogP contribution in [0.3, 0.4) is 0 Å². The van der Waals surface area contributed by atoms with Crippen LogP contribution in [0.5, 0.6) is 0 Å². The third-order valence-corrected chi connectivity index (χ3v) is 3.07. The first kappa shape index (κ1) is 9.67. The predicted octanol–water partition coefficient (Wildman–Crippen LogP) is 3.99. The Morgan fingerprint density at radius 2 is 1.91 bits per heavy atom. The zero-order valence-corrected chi connectivity index (χ0v) is 9.47. The Morgan fingerprint density at radius 3 is 2.45 bits per heavy atom. The Hall–Kier alpha value is 0.580. The summed E-state index contributed by atoms with van der Waals surface area (Å²) in [4.78, 5) is 0. The van der Waals surface area contributed by atoms with Crippen LogP contribution in [0.1, 0.15) is 0 Å². The van der Waals surface area contributed by atoms with Crippen LogP contribution < -0.4 is 0 Å². The zero-order chi connectivity index (χ0) is 8.59. The quantitative estimate of drug-likeness (QED) is 0.376. The first-order valence-electron chi connectivity index (χ1n) is 2.52. The molecular weight excluding hydrogens is 352 g/mol. The molecule has 0 nitrogen and oxygen atoms in total. The summed E-state index contributed by atoms with van der Waals surface area (Å²) in [5, 5.41) is -0.220. The van der Waals surface area contributed by atoms with E-state index < -0.39 is 11.6 Å². The van der Waals surface area contributed by atoms with E-state index in [0.29, 0.717) is 4.47 Å². The van der Waals surface area contributed by atoms with E-state index in [0.717, 1.165) is 0 Å². The van der Waals surface area contributed by atoms with Crippen LogP contribution in [0.25, 0.3) is 0 Å². The van der Waals surface area contributed by atoms with Gasteiger partial charge in [-0.2, -0.15) is 0 Å². The van der Waals surface area contributed by atoms with Gasteiger partial charge in [-0.25, -0.2) is 8.78 Å². The van der Waals surface area contributed by atoms with Crippen molar-refractivity contribution in [2.45, 2.75) is 0 Å². The number of hydrogen-bond donors (Lipinski definition) is 0. The minimum Gasteiger partial charge on any atom is -0.203 e. The van der Waals surface area contributed by atoms with Crippen molar-refractivity contribution in [3.05, 3.63) is 30.8 Å². The molecule has 0 N–H and O–H groups in total. The maximum absolute atomic E-state index is 12.7. The maximum atomic E-state index is 12.7. The van der Waals surface area contributed by atoms with Gasteiger partial charge in [-0.15, -0.1) is 0 Å². The van der Waals surface area contributed by atoms with E-state index in [9.17, 15) is 8.78 Å². The highest BCUT2D eigenvalue weighted by atomic mass is 127. The second-order valence-corrected chi connectivity index (χ2v) is 4.18. The molecule has 0 heterocycles. The molecule has 1 aromatic carbocycles. The van der Waals surface area contributed by atoms with Gasteiger partial charge in [0.1, 0.15) is 0 Å². The summed E-state index contributed by atoms with van der Waals surface area (Å²) in [6.07, 6.45) is 0. The molecule has 0 saturated carbocycles. The molecule has 60 valence electrons. The molecule has 0 aliphatic heterocycles. The van der Waals surface area contributed by atoms with Gasteiger partial charge in [-0.3, -0.25) is 0 Å². The van der Waals surface area contributed by atoms with Crippen LogP contribution >= 0.6 is 50.1 Å². The molecule has 0 aliphatic carbocycles. The fourth-order valence-corrected chi connectivity index (χ4v) is 2.06. The van der Waals surface area contributed by atoms with Gasteiger partial charge < -0.3 is 0 Å². The van der Waals surface area contributed by atoms with Gasteiger partial charge in [0.25, 0.3) is 0 Å². The van der Waals surface area contributed by atoms with Crippen LogP contribution in [0, 0.1) is 15.2 Å². The van der Waals surface area contributed by atoms with Crippen LogP contribution in [-0.2, 0) is 0 Å². The van der Waals surface area contributed by atoms with Crippen LogP contribution in [-0.4, -0.2) is 0 Å². The Balaban J connectivity index is 3.46. The summed E-state index contributed by atoms with van der Waals surface area (Å²) < 4.78 is 26.0. The van der Waals surface area contributed by atoms with Gasteiger partial charge in [0.05, 0.1) is 8.59 Å². The largest absolute Gasteiger partial charge is 0.203 e. The number of rotatable bonds is 0. The molecule has 0 saturated heterocycles. The molecular formula is C6HBrClF2I. The molecule has 0 bridgehead atoms. The highest BCUT2D eigenvalue weighted by Crippen LogP contribution is 2.29. The second-order valence-electron chi connectivity index (χ2n) is 1.78. The van der Waals surface area contributed by atoms with Crippen molar-refractivity contribution in [2.24, 2.45) is 0 Å². The van der Waals surface area contributed by atoms with E-state index in [4.69, 9.17) is 11.6 Å².